The van der Waals surface area contributed by atoms with Crippen LogP contribution in [-0.2, 0) is 10.0 Å². The molecule has 0 aliphatic rings. The number of aromatic nitrogens is 1. The van der Waals surface area contributed by atoms with Crippen molar-refractivity contribution in [2.24, 2.45) is 0 Å². The molecule has 2 rings (SSSR count). The van der Waals surface area contributed by atoms with Crippen LogP contribution in [0.3, 0.4) is 0 Å². The number of benzene rings is 1. The van der Waals surface area contributed by atoms with Gasteiger partial charge in [0, 0.05) is 18.6 Å². The SMILES string of the molecule is C=C(CN(C)S(=O)(=O)c1ccc(Cl)c(C)c1)c1cccc(Cl)n1. The highest BCUT2D eigenvalue weighted by molar-refractivity contribution is 7.89. The Hall–Kier alpha value is -1.40. The molecule has 0 saturated carbocycles. The monoisotopic (exact) mass is 370 g/mol. The predicted molar refractivity (Wildman–Crippen MR) is 94.3 cm³/mol. The van der Waals surface area contributed by atoms with Crippen molar-refractivity contribution in [1.29, 1.82) is 0 Å². The summed E-state index contributed by atoms with van der Waals surface area (Å²) in [6.07, 6.45) is 0. The molecule has 7 heteroatoms. The van der Waals surface area contributed by atoms with Crippen LogP contribution < -0.4 is 0 Å². The molecule has 2 aromatic rings. The van der Waals surface area contributed by atoms with E-state index in [1.807, 2.05) is 0 Å². The molecule has 0 unspecified atom stereocenters. The highest BCUT2D eigenvalue weighted by Gasteiger charge is 2.22. The molecule has 122 valence electrons. The third-order valence-electron chi connectivity index (χ3n) is 3.33. The predicted octanol–water partition coefficient (Wildman–Crippen LogP) is 4.03. The van der Waals surface area contributed by atoms with E-state index in [1.165, 1.54) is 17.4 Å². The molecule has 0 aliphatic heterocycles. The van der Waals surface area contributed by atoms with Crippen LogP contribution in [0.25, 0.3) is 5.57 Å². The normalized spacial score (nSPS) is 11.7. The minimum absolute atomic E-state index is 0.108. The minimum Gasteiger partial charge on any atom is -0.236 e. The lowest BCUT2D eigenvalue weighted by Crippen LogP contribution is -2.28. The molecular weight excluding hydrogens is 355 g/mol. The van der Waals surface area contributed by atoms with Gasteiger partial charge < -0.3 is 0 Å². The Morgan fingerprint density at radius 3 is 2.57 bits per heavy atom. The van der Waals surface area contributed by atoms with Crippen molar-refractivity contribution in [2.75, 3.05) is 13.6 Å². The molecule has 0 bridgehead atoms. The zero-order valence-corrected chi connectivity index (χ0v) is 15.1. The van der Waals surface area contributed by atoms with Crippen LogP contribution in [0.4, 0.5) is 0 Å². The van der Waals surface area contributed by atoms with E-state index in [-0.39, 0.29) is 11.4 Å². The van der Waals surface area contributed by atoms with E-state index in [4.69, 9.17) is 23.2 Å². The molecule has 23 heavy (non-hydrogen) atoms. The number of likely N-dealkylation sites (N-methyl/N-ethyl adjacent to an activating group) is 1. The van der Waals surface area contributed by atoms with Gasteiger partial charge in [-0.05, 0) is 48.4 Å². The van der Waals surface area contributed by atoms with Gasteiger partial charge in [-0.3, -0.25) is 0 Å². The van der Waals surface area contributed by atoms with Gasteiger partial charge in [0.15, 0.2) is 0 Å². The van der Waals surface area contributed by atoms with Gasteiger partial charge in [0.1, 0.15) is 5.15 Å². The first kappa shape index (κ1) is 17.9. The Balaban J connectivity index is 2.23. The van der Waals surface area contributed by atoms with Gasteiger partial charge in [-0.25, -0.2) is 13.4 Å². The first-order valence-electron chi connectivity index (χ1n) is 6.75. The summed E-state index contributed by atoms with van der Waals surface area (Å²) in [4.78, 5) is 4.32. The van der Waals surface area contributed by atoms with Crippen molar-refractivity contribution >= 4 is 38.8 Å². The van der Waals surface area contributed by atoms with Crippen LogP contribution in [0, 0.1) is 6.92 Å². The Bertz CT molecular complexity index is 851. The fourth-order valence-corrected chi connectivity index (χ4v) is 3.53. The van der Waals surface area contributed by atoms with Crippen LogP contribution >= 0.6 is 23.2 Å². The Kier molecular flexibility index (Phi) is 5.47. The standard InChI is InChI=1S/C16H16Cl2N2O2S/c1-11-9-13(7-8-14(11)17)23(21,22)20(3)10-12(2)15-5-4-6-16(18)19-15/h4-9H,2,10H2,1,3H3. The summed E-state index contributed by atoms with van der Waals surface area (Å²) in [7, 11) is -2.14. The second-order valence-corrected chi connectivity index (χ2v) is 7.96. The third kappa shape index (κ3) is 4.12. The van der Waals surface area contributed by atoms with Gasteiger partial charge in [-0.2, -0.15) is 4.31 Å². The topological polar surface area (TPSA) is 50.3 Å². The number of hydrogen-bond donors (Lipinski definition) is 0. The maximum absolute atomic E-state index is 12.6. The summed E-state index contributed by atoms with van der Waals surface area (Å²) in [5.41, 5.74) is 1.83. The van der Waals surface area contributed by atoms with Gasteiger partial charge in [0.2, 0.25) is 10.0 Å². The molecule has 0 aliphatic carbocycles. The molecule has 0 saturated heterocycles. The average Bonchev–Trinajstić information content (AvgIpc) is 2.49. The molecule has 0 N–H and O–H groups in total. The number of aryl methyl sites for hydroxylation is 1. The van der Waals surface area contributed by atoms with Crippen LogP contribution in [0.5, 0.6) is 0 Å². The molecule has 1 aromatic carbocycles. The Morgan fingerprint density at radius 2 is 1.96 bits per heavy atom. The second-order valence-electron chi connectivity index (χ2n) is 5.12. The molecule has 0 spiro atoms. The van der Waals surface area contributed by atoms with Crippen molar-refractivity contribution < 1.29 is 8.42 Å². The van der Waals surface area contributed by atoms with E-state index in [9.17, 15) is 8.42 Å². The van der Waals surface area contributed by atoms with Gasteiger partial charge in [-0.15, -0.1) is 0 Å². The van der Waals surface area contributed by atoms with Gasteiger partial charge in [0.25, 0.3) is 0 Å². The summed E-state index contributed by atoms with van der Waals surface area (Å²) in [6, 6.07) is 9.74. The smallest absolute Gasteiger partial charge is 0.236 e. The number of halogens is 2. The van der Waals surface area contributed by atoms with E-state index in [0.717, 1.165) is 0 Å². The molecule has 1 heterocycles. The van der Waals surface area contributed by atoms with E-state index in [1.54, 1.807) is 37.3 Å². The second kappa shape index (κ2) is 7.01. The molecular formula is C16H16Cl2N2O2S. The fraction of sp³-hybridized carbons (Fsp3) is 0.188. The van der Waals surface area contributed by atoms with Crippen LogP contribution in [0.1, 0.15) is 11.3 Å². The third-order valence-corrected chi connectivity index (χ3v) is 5.76. The summed E-state index contributed by atoms with van der Waals surface area (Å²) in [5, 5.41) is 0.863. The zero-order chi connectivity index (χ0) is 17.2. The largest absolute Gasteiger partial charge is 0.243 e. The number of pyridine rings is 1. The molecule has 4 nitrogen and oxygen atoms in total. The van der Waals surface area contributed by atoms with E-state index >= 15 is 0 Å². The number of rotatable bonds is 5. The van der Waals surface area contributed by atoms with Crippen molar-refractivity contribution in [1.82, 2.24) is 9.29 Å². The lowest BCUT2D eigenvalue weighted by molar-refractivity contribution is 0.502. The summed E-state index contributed by atoms with van der Waals surface area (Å²) in [5.74, 6) is 0. The fourth-order valence-electron chi connectivity index (χ4n) is 2.00. The molecule has 0 fully saturated rings. The van der Waals surface area contributed by atoms with Crippen molar-refractivity contribution in [3.8, 4) is 0 Å². The van der Waals surface area contributed by atoms with Gasteiger partial charge in [-0.1, -0.05) is 35.8 Å². The maximum atomic E-state index is 12.6. The van der Waals surface area contributed by atoms with Crippen LogP contribution in [0.15, 0.2) is 47.9 Å². The molecule has 0 radical (unpaired) electrons. The lowest BCUT2D eigenvalue weighted by Gasteiger charge is -2.19. The highest BCUT2D eigenvalue weighted by atomic mass is 35.5. The number of nitrogens with zero attached hydrogens (tertiary/aromatic N) is 2. The zero-order valence-electron chi connectivity index (χ0n) is 12.8. The van der Waals surface area contributed by atoms with E-state index in [2.05, 4.69) is 11.6 Å². The summed E-state index contributed by atoms with van der Waals surface area (Å²) in [6.45, 7) is 5.77. The van der Waals surface area contributed by atoms with Crippen molar-refractivity contribution in [2.45, 2.75) is 11.8 Å². The highest BCUT2D eigenvalue weighted by Crippen LogP contribution is 2.23. The molecule has 0 amide bonds. The lowest BCUT2D eigenvalue weighted by atomic mass is 10.2. The molecule has 0 atom stereocenters. The Morgan fingerprint density at radius 1 is 1.26 bits per heavy atom. The Labute approximate surface area is 146 Å². The maximum Gasteiger partial charge on any atom is 0.243 e. The average molecular weight is 371 g/mol. The molecule has 1 aromatic heterocycles. The van der Waals surface area contributed by atoms with Gasteiger partial charge in [0.05, 0.1) is 10.6 Å². The summed E-state index contributed by atoms with van der Waals surface area (Å²) < 4.78 is 26.5. The van der Waals surface area contributed by atoms with Crippen LogP contribution in [-0.4, -0.2) is 31.3 Å². The first-order valence-corrected chi connectivity index (χ1v) is 8.94. The van der Waals surface area contributed by atoms with Crippen LogP contribution in [0.2, 0.25) is 10.2 Å². The van der Waals surface area contributed by atoms with Crippen molar-refractivity contribution in [3.05, 3.63) is 64.4 Å². The quantitative estimate of drug-likeness (QED) is 0.746. The van der Waals surface area contributed by atoms with Crippen molar-refractivity contribution in [3.63, 3.8) is 0 Å². The first-order chi connectivity index (χ1) is 10.7. The van der Waals surface area contributed by atoms with E-state index < -0.39 is 10.0 Å². The number of hydrogen-bond acceptors (Lipinski definition) is 3. The minimum atomic E-state index is -3.64. The van der Waals surface area contributed by atoms with Gasteiger partial charge >= 0.3 is 0 Å². The summed E-state index contributed by atoms with van der Waals surface area (Å²) >= 11 is 11.8. The van der Waals surface area contributed by atoms with E-state index in [0.29, 0.717) is 27.0 Å². The number of sulfonamides is 1.